The van der Waals surface area contributed by atoms with E-state index >= 15 is 0 Å². The Kier molecular flexibility index (Phi) is 5.36. The van der Waals surface area contributed by atoms with E-state index in [-0.39, 0.29) is 6.42 Å². The van der Waals surface area contributed by atoms with E-state index in [4.69, 9.17) is 5.11 Å². The van der Waals surface area contributed by atoms with Crippen LogP contribution in [0.4, 0.5) is 4.79 Å². The predicted molar refractivity (Wildman–Crippen MR) is 58.5 cm³/mol. The third-order valence-corrected chi connectivity index (χ3v) is 3.14. The van der Waals surface area contributed by atoms with Crippen LogP contribution in [0.25, 0.3) is 0 Å². The Morgan fingerprint density at radius 1 is 1.41 bits per heavy atom. The lowest BCUT2D eigenvalue weighted by atomic mass is 9.98. The molecule has 0 heterocycles. The molecule has 0 aliphatic rings. The minimum Gasteiger partial charge on any atom is -0.480 e. The highest BCUT2D eigenvalue weighted by Gasteiger charge is 2.37. The number of ether oxygens (including phenoxy) is 1. The molecule has 0 aromatic heterocycles. The number of methoxy groups -OCH3 is 1. The van der Waals surface area contributed by atoms with Crippen LogP contribution in [0, 0.1) is 0 Å². The summed E-state index contributed by atoms with van der Waals surface area (Å²) in [5.41, 5.74) is -1.67. The zero-order valence-electron chi connectivity index (χ0n) is 9.81. The standard InChI is InChI=1S/C8H16N2O6S/c1-4-5-8(2,6(11)12)10-17(14,15)9-7(13)16-3/h10H,4-5H2,1-3H3,(H,9,13)(H,11,12). The molecule has 0 fully saturated rings. The second-order valence-electron chi connectivity index (χ2n) is 3.59. The first-order valence-corrected chi connectivity index (χ1v) is 6.28. The minimum absolute atomic E-state index is 0.0877. The lowest BCUT2D eigenvalue weighted by Crippen LogP contribution is -2.56. The lowest BCUT2D eigenvalue weighted by Gasteiger charge is -2.25. The molecule has 0 saturated carbocycles. The monoisotopic (exact) mass is 268 g/mol. The molecule has 0 rings (SSSR count). The number of rotatable bonds is 6. The third-order valence-electron chi connectivity index (χ3n) is 1.98. The molecule has 8 nitrogen and oxygen atoms in total. The highest BCUT2D eigenvalue weighted by Crippen LogP contribution is 2.13. The van der Waals surface area contributed by atoms with Crippen molar-refractivity contribution in [3.8, 4) is 0 Å². The van der Waals surface area contributed by atoms with Crippen LogP contribution in [0.3, 0.4) is 0 Å². The maximum Gasteiger partial charge on any atom is 0.421 e. The van der Waals surface area contributed by atoms with Gasteiger partial charge >= 0.3 is 22.3 Å². The van der Waals surface area contributed by atoms with Crippen molar-refractivity contribution in [2.45, 2.75) is 32.2 Å². The molecule has 0 aliphatic carbocycles. The van der Waals surface area contributed by atoms with Gasteiger partial charge in [0, 0.05) is 0 Å². The molecule has 1 atom stereocenters. The van der Waals surface area contributed by atoms with Crippen molar-refractivity contribution in [3.63, 3.8) is 0 Å². The van der Waals surface area contributed by atoms with Gasteiger partial charge in [0.2, 0.25) is 0 Å². The fourth-order valence-corrected chi connectivity index (χ4v) is 2.31. The van der Waals surface area contributed by atoms with Gasteiger partial charge in [-0.3, -0.25) is 4.79 Å². The van der Waals surface area contributed by atoms with Crippen LogP contribution >= 0.6 is 0 Å². The first-order chi connectivity index (χ1) is 7.67. The smallest absolute Gasteiger partial charge is 0.421 e. The minimum atomic E-state index is -4.27. The number of aliphatic carboxylic acids is 1. The Bertz CT molecular complexity index is 393. The molecule has 17 heavy (non-hydrogen) atoms. The Morgan fingerprint density at radius 3 is 2.29 bits per heavy atom. The number of hydrogen-bond donors (Lipinski definition) is 3. The number of carboxylic acid groups (broad SMARTS) is 1. The first kappa shape index (κ1) is 15.7. The van der Waals surface area contributed by atoms with Crippen LogP contribution < -0.4 is 9.44 Å². The van der Waals surface area contributed by atoms with Gasteiger partial charge in [-0.2, -0.15) is 13.1 Å². The van der Waals surface area contributed by atoms with Crippen LogP contribution in [0.1, 0.15) is 26.7 Å². The second kappa shape index (κ2) is 5.82. The van der Waals surface area contributed by atoms with Gasteiger partial charge in [0.1, 0.15) is 5.54 Å². The summed E-state index contributed by atoms with van der Waals surface area (Å²) < 4.78 is 30.3. The summed E-state index contributed by atoms with van der Waals surface area (Å²) in [5.74, 6) is -1.32. The van der Waals surface area contributed by atoms with E-state index in [0.29, 0.717) is 6.42 Å². The summed E-state index contributed by atoms with van der Waals surface area (Å²) in [5, 5.41) is 8.95. The molecule has 1 amide bonds. The van der Waals surface area contributed by atoms with E-state index in [1.165, 1.54) is 11.6 Å². The van der Waals surface area contributed by atoms with Crippen molar-refractivity contribution >= 4 is 22.3 Å². The molecule has 0 aromatic carbocycles. The van der Waals surface area contributed by atoms with Gasteiger partial charge in [-0.05, 0) is 13.3 Å². The average molecular weight is 268 g/mol. The number of hydrogen-bond acceptors (Lipinski definition) is 5. The number of amides is 1. The molecule has 0 aliphatic heterocycles. The molecule has 0 bridgehead atoms. The van der Waals surface area contributed by atoms with Crippen LogP contribution in [0.15, 0.2) is 0 Å². The Hall–Kier alpha value is -1.35. The summed E-state index contributed by atoms with van der Waals surface area (Å²) in [4.78, 5) is 21.7. The summed E-state index contributed by atoms with van der Waals surface area (Å²) in [6.45, 7) is 2.93. The van der Waals surface area contributed by atoms with Crippen molar-refractivity contribution < 1.29 is 27.9 Å². The van der Waals surface area contributed by atoms with Crippen molar-refractivity contribution in [2.75, 3.05) is 7.11 Å². The summed E-state index contributed by atoms with van der Waals surface area (Å²) in [6.07, 6.45) is -0.643. The van der Waals surface area contributed by atoms with Gasteiger partial charge in [0.15, 0.2) is 0 Å². The topological polar surface area (TPSA) is 122 Å². The van der Waals surface area contributed by atoms with Crippen molar-refractivity contribution in [1.29, 1.82) is 0 Å². The fraction of sp³-hybridized carbons (Fsp3) is 0.750. The van der Waals surface area contributed by atoms with Gasteiger partial charge in [0.05, 0.1) is 7.11 Å². The second-order valence-corrected chi connectivity index (χ2v) is 5.00. The van der Waals surface area contributed by atoms with Crippen LogP contribution in [0.5, 0.6) is 0 Å². The Labute approximate surface area is 99.5 Å². The van der Waals surface area contributed by atoms with Crippen molar-refractivity contribution in [2.24, 2.45) is 0 Å². The zero-order chi connectivity index (χ0) is 13.7. The maximum absolute atomic E-state index is 11.4. The fourth-order valence-electron chi connectivity index (χ4n) is 1.18. The maximum atomic E-state index is 11.4. The van der Waals surface area contributed by atoms with Gasteiger partial charge in [-0.25, -0.2) is 9.52 Å². The molecule has 3 N–H and O–H groups in total. The number of carboxylic acids is 1. The third kappa shape index (κ3) is 5.00. The summed E-state index contributed by atoms with van der Waals surface area (Å²) in [6, 6.07) is 0. The van der Waals surface area contributed by atoms with Crippen LogP contribution in [-0.2, 0) is 19.7 Å². The van der Waals surface area contributed by atoms with Gasteiger partial charge in [0.25, 0.3) is 0 Å². The van der Waals surface area contributed by atoms with E-state index in [1.54, 1.807) is 6.92 Å². The number of carbonyl (C=O) groups excluding carboxylic acids is 1. The molecule has 0 spiro atoms. The Morgan fingerprint density at radius 2 is 1.94 bits per heavy atom. The molecule has 0 radical (unpaired) electrons. The van der Waals surface area contributed by atoms with E-state index in [0.717, 1.165) is 7.11 Å². The van der Waals surface area contributed by atoms with Gasteiger partial charge < -0.3 is 9.84 Å². The quantitative estimate of drug-likeness (QED) is 0.614. The summed E-state index contributed by atoms with van der Waals surface area (Å²) >= 11 is 0. The molecule has 9 heteroatoms. The normalized spacial score (nSPS) is 14.8. The SMILES string of the molecule is CCCC(C)(NS(=O)(=O)NC(=O)OC)C(=O)O. The highest BCUT2D eigenvalue weighted by atomic mass is 32.2. The first-order valence-electron chi connectivity index (χ1n) is 4.80. The van der Waals surface area contributed by atoms with E-state index in [2.05, 4.69) is 4.74 Å². The number of nitrogens with one attached hydrogen (secondary N) is 2. The van der Waals surface area contributed by atoms with Gasteiger partial charge in [-0.15, -0.1) is 0 Å². The molecule has 1 unspecified atom stereocenters. The predicted octanol–water partition coefficient (Wildman–Crippen LogP) is -0.180. The van der Waals surface area contributed by atoms with E-state index < -0.39 is 27.8 Å². The lowest BCUT2D eigenvalue weighted by molar-refractivity contribution is -0.143. The van der Waals surface area contributed by atoms with E-state index in [9.17, 15) is 18.0 Å². The molecular formula is C8H16N2O6S. The van der Waals surface area contributed by atoms with Gasteiger partial charge in [-0.1, -0.05) is 13.3 Å². The Balaban J connectivity index is 4.88. The zero-order valence-corrected chi connectivity index (χ0v) is 10.6. The number of carbonyl (C=O) groups is 2. The van der Waals surface area contributed by atoms with Crippen LogP contribution in [0.2, 0.25) is 0 Å². The largest absolute Gasteiger partial charge is 0.480 e. The molecule has 0 aromatic rings. The van der Waals surface area contributed by atoms with Crippen LogP contribution in [-0.4, -0.2) is 38.2 Å². The molecule has 0 saturated heterocycles. The molecular weight excluding hydrogens is 252 g/mol. The molecule has 100 valence electrons. The van der Waals surface area contributed by atoms with E-state index in [1.807, 2.05) is 4.72 Å². The average Bonchev–Trinajstić information content (AvgIpc) is 2.15. The van der Waals surface area contributed by atoms with Crippen molar-refractivity contribution in [1.82, 2.24) is 9.44 Å². The summed E-state index contributed by atoms with van der Waals surface area (Å²) in [7, 11) is -3.28. The van der Waals surface area contributed by atoms with Crippen molar-refractivity contribution in [3.05, 3.63) is 0 Å². The highest BCUT2D eigenvalue weighted by molar-refractivity contribution is 7.88.